The minimum Gasteiger partial charge on any atom is -0.314 e. The Balaban J connectivity index is 2.40. The second-order valence-corrected chi connectivity index (χ2v) is 4.84. The molecule has 6 heteroatoms. The maximum absolute atomic E-state index is 12.3. The van der Waals surface area contributed by atoms with Gasteiger partial charge in [-0.1, -0.05) is 6.92 Å². The molecule has 2 heterocycles. The van der Waals surface area contributed by atoms with Gasteiger partial charge in [0.15, 0.2) is 0 Å². The van der Waals surface area contributed by atoms with Crippen molar-refractivity contribution in [1.29, 1.82) is 0 Å². The fourth-order valence-corrected chi connectivity index (χ4v) is 2.37. The molecule has 0 spiro atoms. The molecular weight excluding hydrogens is 258 g/mol. The first-order chi connectivity index (χ1) is 9.51. The van der Waals surface area contributed by atoms with E-state index in [0.29, 0.717) is 18.8 Å². The molecule has 0 bridgehead atoms. The van der Waals surface area contributed by atoms with Gasteiger partial charge in [-0.25, -0.2) is 9.69 Å². The van der Waals surface area contributed by atoms with E-state index in [1.807, 2.05) is 13.8 Å². The minimum absolute atomic E-state index is 0.145. The van der Waals surface area contributed by atoms with Gasteiger partial charge in [-0.15, -0.1) is 0 Å². The zero-order valence-corrected chi connectivity index (χ0v) is 12.0. The standard InChI is InChI=1S/C14H19N3O3/c1-4-8-16-10(3)13(19)17(14(16)20)11-6-7-12(18)15(5-2)9-11/h6-7,9-10H,4-5,8H2,1-3H3/t10-/m0/s1. The average molecular weight is 277 g/mol. The van der Waals surface area contributed by atoms with Crippen molar-refractivity contribution in [1.82, 2.24) is 9.47 Å². The van der Waals surface area contributed by atoms with E-state index in [1.165, 1.54) is 16.7 Å². The van der Waals surface area contributed by atoms with Crippen LogP contribution >= 0.6 is 0 Å². The minimum atomic E-state index is -0.454. The monoisotopic (exact) mass is 277 g/mol. The first kappa shape index (κ1) is 14.3. The highest BCUT2D eigenvalue weighted by molar-refractivity contribution is 6.21. The van der Waals surface area contributed by atoms with Gasteiger partial charge in [0.25, 0.3) is 11.5 Å². The molecule has 0 aliphatic carbocycles. The Morgan fingerprint density at radius 2 is 1.85 bits per heavy atom. The van der Waals surface area contributed by atoms with E-state index in [1.54, 1.807) is 18.0 Å². The van der Waals surface area contributed by atoms with Crippen LogP contribution in [0.25, 0.3) is 0 Å². The largest absolute Gasteiger partial charge is 0.332 e. The van der Waals surface area contributed by atoms with Crippen LogP contribution in [-0.4, -0.2) is 34.0 Å². The van der Waals surface area contributed by atoms with Crippen molar-refractivity contribution in [2.75, 3.05) is 11.4 Å². The molecule has 3 amide bonds. The highest BCUT2D eigenvalue weighted by Crippen LogP contribution is 2.24. The van der Waals surface area contributed by atoms with Gasteiger partial charge in [-0.3, -0.25) is 9.59 Å². The highest BCUT2D eigenvalue weighted by atomic mass is 16.2. The summed E-state index contributed by atoms with van der Waals surface area (Å²) in [6.07, 6.45) is 2.35. The molecule has 0 N–H and O–H groups in total. The second-order valence-electron chi connectivity index (χ2n) is 4.84. The molecule has 0 aromatic carbocycles. The van der Waals surface area contributed by atoms with Crippen LogP contribution in [0.4, 0.5) is 10.5 Å². The molecule has 2 rings (SSSR count). The first-order valence-corrected chi connectivity index (χ1v) is 6.86. The molecule has 0 unspecified atom stereocenters. The molecular formula is C14H19N3O3. The van der Waals surface area contributed by atoms with Gasteiger partial charge in [0, 0.05) is 25.4 Å². The molecule has 1 aromatic heterocycles. The van der Waals surface area contributed by atoms with E-state index in [4.69, 9.17) is 0 Å². The zero-order chi connectivity index (χ0) is 14.9. The molecule has 1 aliphatic heterocycles. The van der Waals surface area contributed by atoms with Crippen LogP contribution in [0.15, 0.2) is 23.1 Å². The van der Waals surface area contributed by atoms with E-state index in [-0.39, 0.29) is 17.5 Å². The maximum Gasteiger partial charge on any atom is 0.332 e. The summed E-state index contributed by atoms with van der Waals surface area (Å²) in [4.78, 5) is 38.9. The van der Waals surface area contributed by atoms with E-state index in [9.17, 15) is 14.4 Å². The number of hydrogen-bond acceptors (Lipinski definition) is 3. The van der Waals surface area contributed by atoms with Gasteiger partial charge in [0.05, 0.1) is 5.69 Å². The summed E-state index contributed by atoms with van der Waals surface area (Å²) < 4.78 is 1.48. The number of amides is 3. The maximum atomic E-state index is 12.3. The van der Waals surface area contributed by atoms with Crippen LogP contribution in [0, 0.1) is 0 Å². The molecule has 1 aliphatic rings. The van der Waals surface area contributed by atoms with E-state index < -0.39 is 6.04 Å². The Bertz CT molecular complexity index is 594. The van der Waals surface area contributed by atoms with Gasteiger partial charge in [0.1, 0.15) is 6.04 Å². The normalized spacial score (nSPS) is 19.1. The summed E-state index contributed by atoms with van der Waals surface area (Å²) in [6.45, 7) is 6.58. The quantitative estimate of drug-likeness (QED) is 0.782. The number of rotatable bonds is 4. The average Bonchev–Trinajstić information content (AvgIpc) is 2.64. The first-order valence-electron chi connectivity index (χ1n) is 6.86. The third-order valence-electron chi connectivity index (χ3n) is 3.51. The molecule has 20 heavy (non-hydrogen) atoms. The number of hydrogen-bond donors (Lipinski definition) is 0. The van der Waals surface area contributed by atoms with Crippen molar-refractivity contribution >= 4 is 17.6 Å². The number of pyridine rings is 1. The molecule has 1 saturated heterocycles. The van der Waals surface area contributed by atoms with Crippen molar-refractivity contribution in [3.05, 3.63) is 28.7 Å². The fourth-order valence-electron chi connectivity index (χ4n) is 2.37. The Hall–Kier alpha value is -2.11. The van der Waals surface area contributed by atoms with Crippen LogP contribution in [0.3, 0.4) is 0 Å². The lowest BCUT2D eigenvalue weighted by Crippen LogP contribution is -2.35. The van der Waals surface area contributed by atoms with E-state index >= 15 is 0 Å². The van der Waals surface area contributed by atoms with Crippen molar-refractivity contribution in [3.8, 4) is 0 Å². The Kier molecular flexibility index (Phi) is 3.92. The van der Waals surface area contributed by atoms with Crippen molar-refractivity contribution in [3.63, 3.8) is 0 Å². The number of carbonyl (C=O) groups excluding carboxylic acids is 2. The Morgan fingerprint density at radius 3 is 2.45 bits per heavy atom. The predicted molar refractivity (Wildman–Crippen MR) is 75.7 cm³/mol. The van der Waals surface area contributed by atoms with Crippen LogP contribution in [0.1, 0.15) is 27.2 Å². The predicted octanol–water partition coefficient (Wildman–Crippen LogP) is 1.44. The number of carbonyl (C=O) groups is 2. The number of urea groups is 1. The zero-order valence-electron chi connectivity index (χ0n) is 12.0. The number of anilines is 1. The second kappa shape index (κ2) is 5.48. The third-order valence-corrected chi connectivity index (χ3v) is 3.51. The summed E-state index contributed by atoms with van der Waals surface area (Å²) >= 11 is 0. The molecule has 108 valence electrons. The van der Waals surface area contributed by atoms with Crippen LogP contribution in [-0.2, 0) is 11.3 Å². The number of nitrogens with zero attached hydrogens (tertiary/aromatic N) is 3. The fraction of sp³-hybridized carbons (Fsp3) is 0.500. The lowest BCUT2D eigenvalue weighted by Gasteiger charge is -2.18. The van der Waals surface area contributed by atoms with Crippen molar-refractivity contribution < 1.29 is 9.59 Å². The smallest absolute Gasteiger partial charge is 0.314 e. The van der Waals surface area contributed by atoms with Gasteiger partial charge in [0.2, 0.25) is 0 Å². The molecule has 6 nitrogen and oxygen atoms in total. The molecule has 0 radical (unpaired) electrons. The van der Waals surface area contributed by atoms with Gasteiger partial charge >= 0.3 is 6.03 Å². The summed E-state index contributed by atoms with van der Waals surface area (Å²) in [5, 5.41) is 0. The third kappa shape index (κ3) is 2.21. The summed E-state index contributed by atoms with van der Waals surface area (Å²) in [7, 11) is 0. The van der Waals surface area contributed by atoms with E-state index in [2.05, 4.69) is 0 Å². The van der Waals surface area contributed by atoms with Crippen molar-refractivity contribution in [2.45, 2.75) is 39.8 Å². The van der Waals surface area contributed by atoms with E-state index in [0.717, 1.165) is 11.3 Å². The SMILES string of the molecule is CCCN1C(=O)N(c2ccc(=O)n(CC)c2)C(=O)[C@@H]1C. The van der Waals surface area contributed by atoms with Gasteiger partial charge in [-0.2, -0.15) is 0 Å². The van der Waals surface area contributed by atoms with Gasteiger partial charge < -0.3 is 9.47 Å². The summed E-state index contributed by atoms with van der Waals surface area (Å²) in [5.74, 6) is -0.246. The van der Waals surface area contributed by atoms with Gasteiger partial charge in [-0.05, 0) is 26.3 Å². The molecule has 1 fully saturated rings. The number of imide groups is 1. The summed E-state index contributed by atoms with van der Waals surface area (Å²) in [5.41, 5.74) is 0.306. The molecule has 1 aromatic rings. The number of aromatic nitrogens is 1. The lowest BCUT2D eigenvalue weighted by atomic mass is 10.3. The van der Waals surface area contributed by atoms with Crippen molar-refractivity contribution in [2.24, 2.45) is 0 Å². The van der Waals surface area contributed by atoms with Crippen LogP contribution in [0.5, 0.6) is 0 Å². The molecule has 1 atom stereocenters. The Morgan fingerprint density at radius 1 is 1.15 bits per heavy atom. The lowest BCUT2D eigenvalue weighted by molar-refractivity contribution is -0.119. The summed E-state index contributed by atoms with van der Waals surface area (Å²) in [6, 6.07) is 2.13. The topological polar surface area (TPSA) is 62.6 Å². The highest BCUT2D eigenvalue weighted by Gasteiger charge is 2.42. The Labute approximate surface area is 117 Å². The molecule has 0 saturated carbocycles. The van der Waals surface area contributed by atoms with Crippen LogP contribution < -0.4 is 10.5 Å². The van der Waals surface area contributed by atoms with Crippen LogP contribution in [0.2, 0.25) is 0 Å². The number of aryl methyl sites for hydroxylation is 1.